The maximum absolute atomic E-state index is 14.8. The number of ether oxygens (including phenoxy) is 1. The molecular weight excluding hydrogens is 466 g/mol. The van der Waals surface area contributed by atoms with Crippen LogP contribution in [0, 0.1) is 5.82 Å². The lowest BCUT2D eigenvalue weighted by atomic mass is 9.85. The van der Waals surface area contributed by atoms with Crippen LogP contribution in [0.15, 0.2) is 48.5 Å². The fourth-order valence-electron chi connectivity index (χ4n) is 4.60. The van der Waals surface area contributed by atoms with Gasteiger partial charge in [-0.25, -0.2) is 9.18 Å². The molecule has 35 heavy (non-hydrogen) atoms. The molecule has 0 aliphatic carbocycles. The Balaban J connectivity index is 1.65. The second-order valence-corrected chi connectivity index (χ2v) is 9.80. The number of nitrogens with zero attached hydrogens (tertiary/aromatic N) is 3. The summed E-state index contributed by atoms with van der Waals surface area (Å²) in [6.45, 7) is 5.76. The van der Waals surface area contributed by atoms with Crippen molar-refractivity contribution >= 4 is 23.4 Å². The van der Waals surface area contributed by atoms with E-state index in [4.69, 9.17) is 4.74 Å². The molecule has 2 amide bonds. The fraction of sp³-hybridized carbons (Fsp3) is 0.440. The molecule has 0 atom stereocenters. The number of halogens is 4. The molecule has 4 rings (SSSR count). The van der Waals surface area contributed by atoms with E-state index in [1.165, 1.54) is 9.80 Å². The van der Waals surface area contributed by atoms with E-state index in [-0.39, 0.29) is 38.3 Å². The predicted octanol–water partition coefficient (Wildman–Crippen LogP) is 5.42. The fourth-order valence-corrected chi connectivity index (χ4v) is 4.60. The molecule has 2 aliphatic rings. The number of likely N-dealkylation sites (tertiary alicyclic amines) is 1. The highest BCUT2D eigenvalue weighted by molar-refractivity contribution is 6.06. The molecule has 1 spiro atoms. The normalized spacial score (nSPS) is 18.4. The Morgan fingerprint density at radius 1 is 1.00 bits per heavy atom. The number of rotatable bonds is 2. The van der Waals surface area contributed by atoms with Crippen LogP contribution in [0.1, 0.15) is 39.2 Å². The smallest absolute Gasteiger partial charge is 0.416 e. The van der Waals surface area contributed by atoms with Gasteiger partial charge in [-0.15, -0.1) is 0 Å². The average Bonchev–Trinajstić information content (AvgIpc) is 3.05. The minimum absolute atomic E-state index is 0.0302. The first-order chi connectivity index (χ1) is 16.3. The molecule has 2 heterocycles. The molecule has 0 unspecified atom stereocenters. The van der Waals surface area contributed by atoms with Crippen LogP contribution >= 0.6 is 0 Å². The van der Waals surface area contributed by atoms with Crippen LogP contribution in [-0.2, 0) is 15.7 Å². The van der Waals surface area contributed by atoms with Crippen molar-refractivity contribution in [3.05, 3.63) is 59.9 Å². The second kappa shape index (κ2) is 8.73. The molecule has 0 radical (unpaired) electrons. The van der Waals surface area contributed by atoms with Gasteiger partial charge in [-0.3, -0.25) is 9.69 Å². The third-order valence-corrected chi connectivity index (χ3v) is 6.32. The van der Waals surface area contributed by atoms with Crippen molar-refractivity contribution in [1.82, 2.24) is 4.90 Å². The van der Waals surface area contributed by atoms with Crippen molar-refractivity contribution in [1.29, 1.82) is 0 Å². The van der Waals surface area contributed by atoms with E-state index in [2.05, 4.69) is 0 Å². The van der Waals surface area contributed by atoms with Gasteiger partial charge in [0.05, 0.1) is 17.9 Å². The molecule has 2 fully saturated rings. The standard InChI is InChI=1S/C25H27F4N3O3/c1-23(2,3)35-22(34)30-13-11-24(12-14-30)21(33)31(16-32(24)18-7-5-4-6-8-18)20-10-9-17(15-19(20)26)25(27,28)29/h4-10,15H,11-14,16H2,1-3H3. The summed E-state index contributed by atoms with van der Waals surface area (Å²) in [5.41, 5.74) is -2.35. The number of carbonyl (C=O) groups is 2. The number of para-hydroxylation sites is 1. The maximum atomic E-state index is 14.8. The molecule has 0 aromatic heterocycles. The average molecular weight is 494 g/mol. The van der Waals surface area contributed by atoms with Crippen molar-refractivity contribution in [2.24, 2.45) is 0 Å². The van der Waals surface area contributed by atoms with Gasteiger partial charge in [0.15, 0.2) is 0 Å². The third kappa shape index (κ3) is 4.78. The first-order valence-corrected chi connectivity index (χ1v) is 11.3. The Labute approximate surface area is 201 Å². The lowest BCUT2D eigenvalue weighted by Crippen LogP contribution is -2.57. The lowest BCUT2D eigenvalue weighted by molar-refractivity contribution is -0.137. The van der Waals surface area contributed by atoms with Crippen LogP contribution in [0.3, 0.4) is 0 Å². The minimum atomic E-state index is -4.69. The van der Waals surface area contributed by atoms with E-state index in [0.29, 0.717) is 6.07 Å². The van der Waals surface area contributed by atoms with Crippen LogP contribution < -0.4 is 9.80 Å². The molecule has 2 aromatic carbocycles. The predicted molar refractivity (Wildman–Crippen MR) is 122 cm³/mol. The summed E-state index contributed by atoms with van der Waals surface area (Å²) in [5, 5.41) is 0. The first-order valence-electron chi connectivity index (χ1n) is 11.3. The molecule has 0 bridgehead atoms. The van der Waals surface area contributed by atoms with Crippen LogP contribution in [0.5, 0.6) is 0 Å². The molecule has 2 aromatic rings. The van der Waals surface area contributed by atoms with Crippen LogP contribution in [0.2, 0.25) is 0 Å². The number of amides is 2. The topological polar surface area (TPSA) is 53.1 Å². The van der Waals surface area contributed by atoms with Gasteiger partial charge in [0.2, 0.25) is 0 Å². The van der Waals surface area contributed by atoms with Gasteiger partial charge in [0.25, 0.3) is 5.91 Å². The van der Waals surface area contributed by atoms with Gasteiger partial charge in [0, 0.05) is 18.8 Å². The molecule has 0 saturated carbocycles. The quantitative estimate of drug-likeness (QED) is 0.524. The van der Waals surface area contributed by atoms with E-state index < -0.39 is 40.7 Å². The molecule has 188 valence electrons. The summed E-state index contributed by atoms with van der Waals surface area (Å²) >= 11 is 0. The number of hydrogen-bond donors (Lipinski definition) is 0. The van der Waals surface area contributed by atoms with Gasteiger partial charge >= 0.3 is 12.3 Å². The molecule has 2 saturated heterocycles. The summed E-state index contributed by atoms with van der Waals surface area (Å²) in [5.74, 6) is -1.53. The third-order valence-electron chi connectivity index (χ3n) is 6.32. The Hall–Kier alpha value is -3.30. The number of carbonyl (C=O) groups excluding carboxylic acids is 2. The summed E-state index contributed by atoms with van der Waals surface area (Å²) < 4.78 is 59.4. The van der Waals surface area contributed by atoms with E-state index in [9.17, 15) is 27.2 Å². The van der Waals surface area contributed by atoms with Crippen LogP contribution in [0.25, 0.3) is 0 Å². The zero-order valence-electron chi connectivity index (χ0n) is 19.7. The van der Waals surface area contributed by atoms with Crippen LogP contribution in [0.4, 0.5) is 33.7 Å². The van der Waals surface area contributed by atoms with Crippen molar-refractivity contribution < 1.29 is 31.9 Å². The van der Waals surface area contributed by atoms with Gasteiger partial charge < -0.3 is 14.5 Å². The van der Waals surface area contributed by atoms with Crippen molar-refractivity contribution in [2.75, 3.05) is 29.6 Å². The Morgan fingerprint density at radius 2 is 1.63 bits per heavy atom. The number of benzene rings is 2. The maximum Gasteiger partial charge on any atom is 0.416 e. The zero-order chi connectivity index (χ0) is 25.6. The Morgan fingerprint density at radius 3 is 2.17 bits per heavy atom. The SMILES string of the molecule is CC(C)(C)OC(=O)N1CCC2(CC1)C(=O)N(c1ccc(C(F)(F)F)cc1F)CN2c1ccccc1. The van der Waals surface area contributed by atoms with E-state index in [1.54, 1.807) is 20.8 Å². The summed E-state index contributed by atoms with van der Waals surface area (Å²) in [6, 6.07) is 11.3. The van der Waals surface area contributed by atoms with E-state index >= 15 is 0 Å². The highest BCUT2D eigenvalue weighted by Gasteiger charge is 2.55. The highest BCUT2D eigenvalue weighted by Crippen LogP contribution is 2.42. The van der Waals surface area contributed by atoms with E-state index in [0.717, 1.165) is 17.8 Å². The molecule has 10 heteroatoms. The van der Waals surface area contributed by atoms with Gasteiger partial charge in [-0.2, -0.15) is 13.2 Å². The highest BCUT2D eigenvalue weighted by atomic mass is 19.4. The summed E-state index contributed by atoms with van der Waals surface area (Å²) in [6.07, 6.45) is -4.65. The minimum Gasteiger partial charge on any atom is -0.444 e. The molecule has 6 nitrogen and oxygen atoms in total. The summed E-state index contributed by atoms with van der Waals surface area (Å²) in [4.78, 5) is 30.9. The van der Waals surface area contributed by atoms with Gasteiger partial charge in [-0.1, -0.05) is 18.2 Å². The van der Waals surface area contributed by atoms with Crippen molar-refractivity contribution in [3.8, 4) is 0 Å². The monoisotopic (exact) mass is 493 g/mol. The Kier molecular flexibility index (Phi) is 6.19. The number of anilines is 2. The summed E-state index contributed by atoms with van der Waals surface area (Å²) in [7, 11) is 0. The number of piperidine rings is 1. The molecule has 2 aliphatic heterocycles. The lowest BCUT2D eigenvalue weighted by Gasteiger charge is -2.43. The van der Waals surface area contributed by atoms with Crippen LogP contribution in [-0.4, -0.2) is 47.8 Å². The Bertz CT molecular complexity index is 1110. The number of alkyl halides is 3. The van der Waals surface area contributed by atoms with Crippen molar-refractivity contribution in [3.63, 3.8) is 0 Å². The van der Waals surface area contributed by atoms with Gasteiger partial charge in [-0.05, 0) is 63.9 Å². The van der Waals surface area contributed by atoms with Gasteiger partial charge in [0.1, 0.15) is 17.0 Å². The molecular formula is C25H27F4N3O3. The largest absolute Gasteiger partial charge is 0.444 e. The van der Waals surface area contributed by atoms with Crippen molar-refractivity contribution in [2.45, 2.75) is 50.9 Å². The number of hydrogen-bond acceptors (Lipinski definition) is 4. The zero-order valence-corrected chi connectivity index (χ0v) is 19.7. The second-order valence-electron chi connectivity index (χ2n) is 9.80. The first kappa shape index (κ1) is 24.8. The molecule has 0 N–H and O–H groups in total. The van der Waals surface area contributed by atoms with E-state index in [1.807, 2.05) is 35.2 Å².